The van der Waals surface area contributed by atoms with Gasteiger partial charge in [0.25, 0.3) is 0 Å². The fraction of sp³-hybridized carbons (Fsp3) is 0.438. The number of amides is 2. The molecular weight excluding hydrogens is 287 g/mol. The molecule has 2 amide bonds. The average molecular weight is 306 g/mol. The van der Waals surface area contributed by atoms with Gasteiger partial charge in [-0.05, 0) is 25.0 Å². The van der Waals surface area contributed by atoms with E-state index in [-0.39, 0.29) is 19.0 Å². The summed E-state index contributed by atoms with van der Waals surface area (Å²) in [6, 6.07) is 3.31. The van der Waals surface area contributed by atoms with Gasteiger partial charge in [0.15, 0.2) is 0 Å². The van der Waals surface area contributed by atoms with Crippen LogP contribution in [0.1, 0.15) is 25.7 Å². The van der Waals surface area contributed by atoms with Crippen molar-refractivity contribution in [1.29, 1.82) is 0 Å². The molecule has 2 rings (SSSR count). The Labute approximate surface area is 128 Å². The zero-order chi connectivity index (χ0) is 16.0. The summed E-state index contributed by atoms with van der Waals surface area (Å²) in [6.45, 7) is -0.134. The van der Waals surface area contributed by atoms with E-state index in [9.17, 15) is 14.3 Å². The van der Waals surface area contributed by atoms with Gasteiger partial charge in [-0.25, -0.2) is 9.18 Å². The molecule has 1 aromatic carbocycles. The second-order valence-electron chi connectivity index (χ2n) is 5.36. The Morgan fingerprint density at radius 3 is 2.82 bits per heavy atom. The molecule has 3 N–H and O–H groups in total. The van der Waals surface area contributed by atoms with Crippen molar-refractivity contribution in [2.45, 2.75) is 31.2 Å². The zero-order valence-corrected chi connectivity index (χ0v) is 12.2. The number of benzene rings is 1. The molecule has 0 radical (unpaired) electrons. The number of terminal acetylenes is 1. The summed E-state index contributed by atoms with van der Waals surface area (Å²) in [5.41, 5.74) is -0.260. The molecule has 1 aromatic rings. The Morgan fingerprint density at radius 1 is 1.45 bits per heavy atom. The number of anilines is 1. The molecule has 118 valence electrons. The first-order valence-corrected chi connectivity index (χ1v) is 7.14. The minimum absolute atomic E-state index is 0.0275. The third-order valence-corrected chi connectivity index (χ3v) is 3.74. The molecule has 0 atom stereocenters. The molecule has 1 aliphatic carbocycles. The highest BCUT2D eigenvalue weighted by Gasteiger charge is 2.34. The van der Waals surface area contributed by atoms with E-state index in [0.29, 0.717) is 5.69 Å². The monoisotopic (exact) mass is 306 g/mol. The second-order valence-corrected chi connectivity index (χ2v) is 5.36. The number of ether oxygens (including phenoxy) is 1. The van der Waals surface area contributed by atoms with Crippen LogP contribution in [0, 0.1) is 18.2 Å². The fourth-order valence-corrected chi connectivity index (χ4v) is 2.61. The smallest absolute Gasteiger partial charge is 0.319 e. The maximum absolute atomic E-state index is 13.3. The molecule has 0 bridgehead atoms. The van der Waals surface area contributed by atoms with Crippen LogP contribution >= 0.6 is 0 Å². The number of urea groups is 1. The molecule has 1 aliphatic rings. The maximum atomic E-state index is 13.3. The Hall–Kier alpha value is -2.26. The Bertz CT molecular complexity index is 577. The van der Waals surface area contributed by atoms with Gasteiger partial charge in [-0.1, -0.05) is 18.8 Å². The predicted octanol–water partition coefficient (Wildman–Crippen LogP) is 2.26. The number of halogens is 1. The van der Waals surface area contributed by atoms with Crippen LogP contribution < -0.4 is 15.4 Å². The summed E-state index contributed by atoms with van der Waals surface area (Å²) < 4.78 is 18.5. The topological polar surface area (TPSA) is 70.6 Å². The van der Waals surface area contributed by atoms with E-state index in [4.69, 9.17) is 11.2 Å². The molecule has 6 heteroatoms. The summed E-state index contributed by atoms with van der Waals surface area (Å²) >= 11 is 0. The van der Waals surface area contributed by atoms with Crippen LogP contribution in [0.15, 0.2) is 18.2 Å². The van der Waals surface area contributed by atoms with Crippen molar-refractivity contribution in [2.24, 2.45) is 0 Å². The number of carbonyl (C=O) groups excluding carboxylic acids is 1. The van der Waals surface area contributed by atoms with E-state index >= 15 is 0 Å². The molecular formula is C16H19FN2O3. The number of hydrogen-bond donors (Lipinski definition) is 3. The summed E-state index contributed by atoms with van der Waals surface area (Å²) in [5.74, 6) is 1.96. The second kappa shape index (κ2) is 7.14. The van der Waals surface area contributed by atoms with E-state index in [2.05, 4.69) is 16.6 Å². The maximum Gasteiger partial charge on any atom is 0.319 e. The van der Waals surface area contributed by atoms with Gasteiger partial charge in [0, 0.05) is 6.07 Å². The Balaban J connectivity index is 2.06. The van der Waals surface area contributed by atoms with E-state index in [1.54, 1.807) is 0 Å². The highest BCUT2D eigenvalue weighted by Crippen LogP contribution is 2.30. The highest BCUT2D eigenvalue weighted by molar-refractivity contribution is 5.91. The Morgan fingerprint density at radius 2 is 2.18 bits per heavy atom. The normalized spacial score (nSPS) is 15.9. The van der Waals surface area contributed by atoms with Crippen molar-refractivity contribution >= 4 is 11.7 Å². The van der Waals surface area contributed by atoms with Crippen molar-refractivity contribution in [2.75, 3.05) is 18.5 Å². The SMILES string of the molecule is C#CCOc1cc(F)ccc1NC(=O)NC1(CO)CCCC1. The number of carbonyl (C=O) groups is 1. The van der Waals surface area contributed by atoms with Crippen molar-refractivity contribution in [3.8, 4) is 18.1 Å². The quantitative estimate of drug-likeness (QED) is 0.731. The van der Waals surface area contributed by atoms with Gasteiger partial charge in [-0.15, -0.1) is 6.42 Å². The number of hydrogen-bond acceptors (Lipinski definition) is 3. The van der Waals surface area contributed by atoms with Gasteiger partial charge in [0.1, 0.15) is 18.2 Å². The third-order valence-electron chi connectivity index (χ3n) is 3.74. The number of aliphatic hydroxyl groups excluding tert-OH is 1. The lowest BCUT2D eigenvalue weighted by molar-refractivity contribution is 0.167. The van der Waals surface area contributed by atoms with Crippen LogP contribution in [0.3, 0.4) is 0 Å². The van der Waals surface area contributed by atoms with Crippen LogP contribution in [0.4, 0.5) is 14.9 Å². The van der Waals surface area contributed by atoms with Crippen molar-refractivity contribution in [3.63, 3.8) is 0 Å². The summed E-state index contributed by atoms with van der Waals surface area (Å²) in [4.78, 5) is 12.1. The van der Waals surface area contributed by atoms with E-state index in [1.165, 1.54) is 12.1 Å². The molecule has 1 fully saturated rings. The van der Waals surface area contributed by atoms with Crippen LogP contribution in [0.5, 0.6) is 5.75 Å². The lowest BCUT2D eigenvalue weighted by Gasteiger charge is -2.28. The van der Waals surface area contributed by atoms with Gasteiger partial charge in [0.2, 0.25) is 0 Å². The third kappa shape index (κ3) is 3.89. The number of nitrogens with one attached hydrogen (secondary N) is 2. The molecule has 1 saturated carbocycles. The average Bonchev–Trinajstić information content (AvgIpc) is 2.96. The van der Waals surface area contributed by atoms with Gasteiger partial charge < -0.3 is 20.5 Å². The van der Waals surface area contributed by atoms with Crippen LogP contribution in [-0.4, -0.2) is 29.9 Å². The largest absolute Gasteiger partial charge is 0.479 e. The Kier molecular flexibility index (Phi) is 5.23. The first kappa shape index (κ1) is 16.1. The summed E-state index contributed by atoms with van der Waals surface area (Å²) in [6.07, 6.45) is 8.52. The molecule has 0 aromatic heterocycles. The van der Waals surface area contributed by atoms with Crippen LogP contribution in [0.25, 0.3) is 0 Å². The van der Waals surface area contributed by atoms with Crippen molar-refractivity contribution in [1.82, 2.24) is 5.32 Å². The van der Waals surface area contributed by atoms with Gasteiger partial charge in [-0.2, -0.15) is 0 Å². The highest BCUT2D eigenvalue weighted by atomic mass is 19.1. The van der Waals surface area contributed by atoms with E-state index in [1.807, 2.05) is 0 Å². The van der Waals surface area contributed by atoms with Crippen molar-refractivity contribution < 1.29 is 19.0 Å². The predicted molar refractivity (Wildman–Crippen MR) is 81.2 cm³/mol. The van der Waals surface area contributed by atoms with Crippen LogP contribution in [0.2, 0.25) is 0 Å². The molecule has 0 spiro atoms. The zero-order valence-electron chi connectivity index (χ0n) is 12.2. The molecule has 0 aliphatic heterocycles. The summed E-state index contributed by atoms with van der Waals surface area (Å²) in [5, 5.41) is 14.9. The van der Waals surface area contributed by atoms with Gasteiger partial charge in [-0.3, -0.25) is 0 Å². The van der Waals surface area contributed by atoms with Crippen molar-refractivity contribution in [3.05, 3.63) is 24.0 Å². The first-order chi connectivity index (χ1) is 10.6. The molecule has 5 nitrogen and oxygen atoms in total. The fourth-order valence-electron chi connectivity index (χ4n) is 2.61. The first-order valence-electron chi connectivity index (χ1n) is 7.14. The minimum atomic E-state index is -0.579. The molecule has 0 heterocycles. The van der Waals surface area contributed by atoms with Gasteiger partial charge in [0.05, 0.1) is 17.8 Å². The lowest BCUT2D eigenvalue weighted by atomic mass is 9.99. The number of rotatable bonds is 5. The summed E-state index contributed by atoms with van der Waals surface area (Å²) in [7, 11) is 0. The minimum Gasteiger partial charge on any atom is -0.479 e. The van der Waals surface area contributed by atoms with Gasteiger partial charge >= 0.3 is 6.03 Å². The standard InChI is InChI=1S/C16H19FN2O3/c1-2-9-22-14-10-12(17)5-6-13(14)18-15(21)19-16(11-20)7-3-4-8-16/h1,5-6,10,20H,3-4,7-9,11H2,(H2,18,19,21). The molecule has 22 heavy (non-hydrogen) atoms. The number of aliphatic hydroxyl groups is 1. The lowest BCUT2D eigenvalue weighted by Crippen LogP contribution is -2.50. The van der Waals surface area contributed by atoms with Crippen LogP contribution in [-0.2, 0) is 0 Å². The molecule has 0 saturated heterocycles. The van der Waals surface area contributed by atoms with E-state index in [0.717, 1.165) is 31.7 Å². The molecule has 0 unspecified atom stereocenters. The van der Waals surface area contributed by atoms with E-state index < -0.39 is 17.4 Å².